The molecular weight excluding hydrogens is 244 g/mol. The van der Waals surface area contributed by atoms with Gasteiger partial charge in [-0.2, -0.15) is 0 Å². The highest BCUT2D eigenvalue weighted by molar-refractivity contribution is 5.80. The van der Waals surface area contributed by atoms with E-state index >= 15 is 0 Å². The maximum Gasteiger partial charge on any atom is 0.224 e. The molecule has 1 aliphatic rings. The fourth-order valence-corrected chi connectivity index (χ4v) is 2.66. The van der Waals surface area contributed by atoms with Crippen LogP contribution in [-0.2, 0) is 4.79 Å². The van der Waals surface area contributed by atoms with Gasteiger partial charge in [0.2, 0.25) is 5.91 Å². The molecule has 5 nitrogen and oxygen atoms in total. The topological polar surface area (TPSA) is 64.8 Å². The Morgan fingerprint density at radius 2 is 2.11 bits per heavy atom. The molecule has 2 unspecified atom stereocenters. The van der Waals surface area contributed by atoms with Crippen molar-refractivity contribution in [3.8, 4) is 11.5 Å². The number of hydrogen-bond acceptors (Lipinski definition) is 4. The molecule has 5 heteroatoms. The second-order valence-electron chi connectivity index (χ2n) is 4.60. The molecule has 1 aromatic rings. The van der Waals surface area contributed by atoms with Crippen LogP contribution in [0.3, 0.4) is 0 Å². The highest BCUT2D eigenvalue weighted by atomic mass is 16.5. The first-order valence-electron chi connectivity index (χ1n) is 6.39. The van der Waals surface area contributed by atoms with Crippen LogP contribution in [0.4, 0.5) is 0 Å². The SMILES string of the molecule is CCN1C(=O)CC(N)C1c1cc(OC)ccc1OC. The number of ether oxygens (including phenoxy) is 2. The molecule has 2 atom stereocenters. The first kappa shape index (κ1) is 13.7. The molecule has 1 amide bonds. The summed E-state index contributed by atoms with van der Waals surface area (Å²) in [6, 6.07) is 5.21. The van der Waals surface area contributed by atoms with Gasteiger partial charge in [-0.15, -0.1) is 0 Å². The van der Waals surface area contributed by atoms with Crippen LogP contribution in [0.2, 0.25) is 0 Å². The van der Waals surface area contributed by atoms with Gasteiger partial charge in [0.15, 0.2) is 0 Å². The Morgan fingerprint density at radius 1 is 1.37 bits per heavy atom. The summed E-state index contributed by atoms with van der Waals surface area (Å²) in [5.41, 5.74) is 7.03. The summed E-state index contributed by atoms with van der Waals surface area (Å²) in [4.78, 5) is 13.7. The summed E-state index contributed by atoms with van der Waals surface area (Å²) in [5.74, 6) is 1.55. The van der Waals surface area contributed by atoms with Gasteiger partial charge in [-0.25, -0.2) is 0 Å². The Bertz CT molecular complexity index is 476. The van der Waals surface area contributed by atoms with Crippen LogP contribution in [-0.4, -0.2) is 37.6 Å². The van der Waals surface area contributed by atoms with E-state index in [0.29, 0.717) is 13.0 Å². The molecule has 2 rings (SSSR count). The standard InChI is InChI=1S/C14H20N2O3/c1-4-16-13(17)8-11(15)14(16)10-7-9(18-2)5-6-12(10)19-3/h5-7,11,14H,4,8,15H2,1-3H3. The maximum absolute atomic E-state index is 11.9. The van der Waals surface area contributed by atoms with Gasteiger partial charge in [-0.05, 0) is 25.1 Å². The van der Waals surface area contributed by atoms with E-state index in [1.54, 1.807) is 19.1 Å². The van der Waals surface area contributed by atoms with E-state index in [0.717, 1.165) is 17.1 Å². The average Bonchev–Trinajstić information content (AvgIpc) is 2.71. The number of nitrogens with zero attached hydrogens (tertiary/aromatic N) is 1. The Kier molecular flexibility index (Phi) is 3.95. The minimum absolute atomic E-state index is 0.0878. The van der Waals surface area contributed by atoms with E-state index in [2.05, 4.69) is 0 Å². The molecule has 0 radical (unpaired) electrons. The summed E-state index contributed by atoms with van der Waals surface area (Å²) in [6.45, 7) is 2.59. The molecule has 0 spiro atoms. The van der Waals surface area contributed by atoms with Gasteiger partial charge in [0.25, 0.3) is 0 Å². The highest BCUT2D eigenvalue weighted by Crippen LogP contribution is 2.38. The van der Waals surface area contributed by atoms with Gasteiger partial charge < -0.3 is 20.1 Å². The average molecular weight is 264 g/mol. The molecule has 19 heavy (non-hydrogen) atoms. The van der Waals surface area contributed by atoms with Gasteiger partial charge in [0.1, 0.15) is 11.5 Å². The monoisotopic (exact) mass is 264 g/mol. The van der Waals surface area contributed by atoms with Crippen LogP contribution in [0.5, 0.6) is 11.5 Å². The number of carbonyl (C=O) groups excluding carboxylic acids is 1. The van der Waals surface area contributed by atoms with E-state index in [9.17, 15) is 4.79 Å². The van der Waals surface area contributed by atoms with Crippen molar-refractivity contribution >= 4 is 5.91 Å². The number of rotatable bonds is 4. The minimum Gasteiger partial charge on any atom is -0.497 e. The first-order chi connectivity index (χ1) is 9.12. The summed E-state index contributed by atoms with van der Waals surface area (Å²) < 4.78 is 10.6. The van der Waals surface area contributed by atoms with Crippen molar-refractivity contribution in [1.82, 2.24) is 4.90 Å². The van der Waals surface area contributed by atoms with Gasteiger partial charge in [0, 0.05) is 24.6 Å². The van der Waals surface area contributed by atoms with E-state index in [4.69, 9.17) is 15.2 Å². The lowest BCUT2D eigenvalue weighted by Crippen LogP contribution is -2.33. The van der Waals surface area contributed by atoms with Crippen LogP contribution < -0.4 is 15.2 Å². The second kappa shape index (κ2) is 5.48. The van der Waals surface area contributed by atoms with Crippen LogP contribution >= 0.6 is 0 Å². The van der Waals surface area contributed by atoms with E-state index in [1.807, 2.05) is 25.1 Å². The minimum atomic E-state index is -0.214. The Balaban J connectivity index is 2.46. The zero-order valence-electron chi connectivity index (χ0n) is 11.6. The van der Waals surface area contributed by atoms with Crippen LogP contribution in [0.1, 0.15) is 24.9 Å². The number of amides is 1. The summed E-state index contributed by atoms with van der Waals surface area (Å²) >= 11 is 0. The van der Waals surface area contributed by atoms with Crippen molar-refractivity contribution in [2.75, 3.05) is 20.8 Å². The van der Waals surface area contributed by atoms with Crippen LogP contribution in [0, 0.1) is 0 Å². The van der Waals surface area contributed by atoms with Crippen LogP contribution in [0.25, 0.3) is 0 Å². The second-order valence-corrected chi connectivity index (χ2v) is 4.60. The molecule has 1 aromatic carbocycles. The molecule has 104 valence electrons. The molecule has 0 bridgehead atoms. The predicted molar refractivity (Wildman–Crippen MR) is 72.3 cm³/mol. The number of nitrogens with two attached hydrogens (primary N) is 1. The molecule has 1 saturated heterocycles. The number of benzene rings is 1. The molecular formula is C14H20N2O3. The van der Waals surface area contributed by atoms with Crippen molar-refractivity contribution in [1.29, 1.82) is 0 Å². The van der Waals surface area contributed by atoms with Crippen LogP contribution in [0.15, 0.2) is 18.2 Å². The molecule has 2 N–H and O–H groups in total. The van der Waals surface area contributed by atoms with E-state index in [-0.39, 0.29) is 18.0 Å². The number of carbonyl (C=O) groups is 1. The Morgan fingerprint density at radius 3 is 2.68 bits per heavy atom. The fourth-order valence-electron chi connectivity index (χ4n) is 2.66. The zero-order chi connectivity index (χ0) is 14.0. The van der Waals surface area contributed by atoms with E-state index < -0.39 is 0 Å². The molecule has 1 fully saturated rings. The quantitative estimate of drug-likeness (QED) is 0.891. The van der Waals surface area contributed by atoms with Crippen molar-refractivity contribution in [2.24, 2.45) is 5.73 Å². The summed E-state index contributed by atoms with van der Waals surface area (Å²) in [6.07, 6.45) is 0.374. The third kappa shape index (κ3) is 2.38. The van der Waals surface area contributed by atoms with Crippen molar-refractivity contribution in [3.63, 3.8) is 0 Å². The van der Waals surface area contributed by atoms with Crippen molar-refractivity contribution in [2.45, 2.75) is 25.4 Å². The predicted octanol–water partition coefficient (Wildman–Crippen LogP) is 1.32. The highest BCUT2D eigenvalue weighted by Gasteiger charge is 2.39. The molecule has 1 heterocycles. The Hall–Kier alpha value is -1.75. The van der Waals surface area contributed by atoms with Crippen molar-refractivity contribution in [3.05, 3.63) is 23.8 Å². The maximum atomic E-state index is 11.9. The summed E-state index contributed by atoms with van der Waals surface area (Å²) in [7, 11) is 3.23. The number of likely N-dealkylation sites (N-methyl/N-ethyl adjacent to an activating group) is 1. The lowest BCUT2D eigenvalue weighted by Gasteiger charge is -2.27. The number of methoxy groups -OCH3 is 2. The summed E-state index contributed by atoms with van der Waals surface area (Å²) in [5, 5.41) is 0. The number of likely N-dealkylation sites (tertiary alicyclic amines) is 1. The van der Waals surface area contributed by atoms with E-state index in [1.165, 1.54) is 0 Å². The van der Waals surface area contributed by atoms with Gasteiger partial charge in [0.05, 0.1) is 20.3 Å². The fraction of sp³-hybridized carbons (Fsp3) is 0.500. The zero-order valence-corrected chi connectivity index (χ0v) is 11.6. The smallest absolute Gasteiger partial charge is 0.224 e. The molecule has 1 aliphatic heterocycles. The lowest BCUT2D eigenvalue weighted by molar-refractivity contribution is -0.128. The molecule has 0 aromatic heterocycles. The van der Waals surface area contributed by atoms with Gasteiger partial charge >= 0.3 is 0 Å². The third-order valence-electron chi connectivity index (χ3n) is 3.57. The largest absolute Gasteiger partial charge is 0.497 e. The normalized spacial score (nSPS) is 22.7. The molecule has 0 saturated carbocycles. The Labute approximate surface area is 113 Å². The van der Waals surface area contributed by atoms with Crippen molar-refractivity contribution < 1.29 is 14.3 Å². The molecule has 0 aliphatic carbocycles. The van der Waals surface area contributed by atoms with Gasteiger partial charge in [-0.3, -0.25) is 4.79 Å². The third-order valence-corrected chi connectivity index (χ3v) is 3.57. The first-order valence-corrected chi connectivity index (χ1v) is 6.39. The number of hydrogen-bond donors (Lipinski definition) is 1. The van der Waals surface area contributed by atoms with Gasteiger partial charge in [-0.1, -0.05) is 0 Å². The lowest BCUT2D eigenvalue weighted by atomic mass is 9.99.